The molecule has 1 saturated carbocycles. The SMILES string of the molecule is CC(=O)c1nn(CC(=O)N2[C@@H]3C[C@@H]3C[C@H]2C(=O)Cc2cccc(-c3ccc4[nH]cnc4c3Cl)c2F)c2cnc(C)cc12. The first kappa shape index (κ1) is 26.5. The minimum absolute atomic E-state index is 0.0171. The van der Waals surface area contributed by atoms with Gasteiger partial charge in [-0.1, -0.05) is 35.9 Å². The van der Waals surface area contributed by atoms with Gasteiger partial charge in [-0.25, -0.2) is 9.37 Å². The molecule has 7 rings (SSSR count). The van der Waals surface area contributed by atoms with Crippen LogP contribution in [0.4, 0.5) is 4.39 Å². The minimum Gasteiger partial charge on any atom is -0.345 e. The van der Waals surface area contributed by atoms with Crippen molar-refractivity contribution < 1.29 is 18.8 Å². The molecule has 1 saturated heterocycles. The highest BCUT2D eigenvalue weighted by Crippen LogP contribution is 2.48. The van der Waals surface area contributed by atoms with Crippen molar-refractivity contribution in [1.82, 2.24) is 29.6 Å². The number of halogens is 2. The summed E-state index contributed by atoms with van der Waals surface area (Å²) in [6, 6.07) is 9.55. The predicted octanol–water partition coefficient (Wildman–Crippen LogP) is 5.08. The van der Waals surface area contributed by atoms with Gasteiger partial charge in [0.25, 0.3) is 0 Å². The van der Waals surface area contributed by atoms with Gasteiger partial charge in [0.15, 0.2) is 11.6 Å². The van der Waals surface area contributed by atoms with Crippen molar-refractivity contribution in [1.29, 1.82) is 0 Å². The molecular formula is C31H26ClFN6O3. The number of rotatable bonds is 7. The number of hydrogen-bond acceptors (Lipinski definition) is 6. The maximum atomic E-state index is 15.8. The molecule has 1 amide bonds. The van der Waals surface area contributed by atoms with Crippen molar-refractivity contribution in [2.45, 2.75) is 51.7 Å². The number of hydrogen-bond donors (Lipinski definition) is 1. The van der Waals surface area contributed by atoms with E-state index >= 15 is 4.39 Å². The smallest absolute Gasteiger partial charge is 0.245 e. The molecule has 4 heterocycles. The number of nitrogens with zero attached hydrogens (tertiary/aromatic N) is 5. The summed E-state index contributed by atoms with van der Waals surface area (Å²) in [7, 11) is 0. The van der Waals surface area contributed by atoms with E-state index in [2.05, 4.69) is 20.1 Å². The molecule has 2 aromatic carbocycles. The first-order valence-electron chi connectivity index (χ1n) is 13.8. The highest BCUT2D eigenvalue weighted by Gasteiger charge is 2.55. The highest BCUT2D eigenvalue weighted by atomic mass is 35.5. The Morgan fingerprint density at radius 3 is 2.76 bits per heavy atom. The zero-order valence-corrected chi connectivity index (χ0v) is 23.7. The fourth-order valence-corrected chi connectivity index (χ4v) is 6.60. The Morgan fingerprint density at radius 1 is 1.12 bits per heavy atom. The number of imidazole rings is 1. The van der Waals surface area contributed by atoms with E-state index in [9.17, 15) is 14.4 Å². The molecule has 9 nitrogen and oxygen atoms in total. The van der Waals surface area contributed by atoms with Gasteiger partial charge in [-0.05, 0) is 43.4 Å². The van der Waals surface area contributed by atoms with Gasteiger partial charge in [-0.15, -0.1) is 0 Å². The second kappa shape index (κ2) is 9.84. The Labute approximate surface area is 244 Å². The number of aromatic nitrogens is 5. The van der Waals surface area contributed by atoms with Crippen molar-refractivity contribution in [3.63, 3.8) is 0 Å². The Kier molecular flexibility index (Phi) is 6.20. The number of carbonyl (C=O) groups is 3. The molecular weight excluding hydrogens is 559 g/mol. The molecule has 3 atom stereocenters. The standard InChI is InChI=1S/C31H26ClFN6O3/c1-15-8-21-25(12-34-15)38(37-30(21)16(2)40)13-27(42)39-23-9-18(23)10-24(39)26(41)11-17-4-3-5-20(29(17)33)19-6-7-22-31(28(19)32)36-14-35-22/h3-8,12,14,18,23-24H,9-11,13H2,1-2H3,(H,35,36)/t18-,23-,24+/m1/s1. The average molecular weight is 585 g/mol. The van der Waals surface area contributed by atoms with E-state index in [1.807, 2.05) is 6.92 Å². The number of amides is 1. The molecule has 1 aliphatic heterocycles. The zero-order chi connectivity index (χ0) is 29.3. The molecule has 5 aromatic rings. The average Bonchev–Trinajstić information content (AvgIpc) is 3.28. The monoisotopic (exact) mass is 584 g/mol. The number of nitrogens with one attached hydrogen (secondary N) is 1. The molecule has 0 bridgehead atoms. The Balaban J connectivity index is 1.14. The largest absolute Gasteiger partial charge is 0.345 e. The van der Waals surface area contributed by atoms with Crippen LogP contribution in [0.5, 0.6) is 0 Å². The summed E-state index contributed by atoms with van der Waals surface area (Å²) in [6.45, 7) is 3.13. The van der Waals surface area contributed by atoms with E-state index in [-0.39, 0.29) is 59.2 Å². The van der Waals surface area contributed by atoms with Gasteiger partial charge in [0.05, 0.1) is 34.6 Å². The first-order valence-corrected chi connectivity index (χ1v) is 14.2. The van der Waals surface area contributed by atoms with Gasteiger partial charge in [0, 0.05) is 41.6 Å². The minimum atomic E-state index is -0.650. The molecule has 0 radical (unpaired) electrons. The number of Topliss-reactive ketones (excluding diaryl/α,β-unsaturated/α-hetero) is 2. The van der Waals surface area contributed by atoms with E-state index in [4.69, 9.17) is 11.6 Å². The van der Waals surface area contributed by atoms with Gasteiger partial charge in [-0.3, -0.25) is 24.0 Å². The highest BCUT2D eigenvalue weighted by molar-refractivity contribution is 6.37. The van der Waals surface area contributed by atoms with Crippen LogP contribution < -0.4 is 0 Å². The van der Waals surface area contributed by atoms with Gasteiger partial charge in [0.2, 0.25) is 5.91 Å². The van der Waals surface area contributed by atoms with E-state index in [0.717, 1.165) is 17.6 Å². The van der Waals surface area contributed by atoms with Crippen LogP contribution in [0.3, 0.4) is 0 Å². The van der Waals surface area contributed by atoms with E-state index < -0.39 is 11.9 Å². The van der Waals surface area contributed by atoms with Crippen molar-refractivity contribution in [2.24, 2.45) is 5.92 Å². The quantitative estimate of drug-likeness (QED) is 0.267. The summed E-state index contributed by atoms with van der Waals surface area (Å²) < 4.78 is 17.3. The molecule has 42 heavy (non-hydrogen) atoms. The number of likely N-dealkylation sites (tertiary alicyclic amines) is 1. The van der Waals surface area contributed by atoms with Crippen LogP contribution in [0.15, 0.2) is 48.9 Å². The number of benzene rings is 2. The summed E-state index contributed by atoms with van der Waals surface area (Å²) in [5, 5.41) is 5.39. The number of pyridine rings is 1. The zero-order valence-electron chi connectivity index (χ0n) is 22.9. The van der Waals surface area contributed by atoms with Gasteiger partial charge in [-0.2, -0.15) is 5.10 Å². The van der Waals surface area contributed by atoms with E-state index in [0.29, 0.717) is 33.4 Å². The second-order valence-electron chi connectivity index (χ2n) is 11.2. The van der Waals surface area contributed by atoms with Gasteiger partial charge >= 0.3 is 0 Å². The second-order valence-corrected chi connectivity index (χ2v) is 11.5. The number of fused-ring (bicyclic) bond motifs is 3. The molecule has 2 fully saturated rings. The van der Waals surface area contributed by atoms with Crippen LogP contribution in [0.2, 0.25) is 5.02 Å². The Hall–Kier alpha value is -4.44. The third-order valence-corrected chi connectivity index (χ3v) is 8.80. The lowest BCUT2D eigenvalue weighted by molar-refractivity contribution is -0.139. The summed E-state index contributed by atoms with van der Waals surface area (Å²) in [6.07, 6.45) is 4.37. The molecule has 1 N–H and O–H groups in total. The maximum Gasteiger partial charge on any atom is 0.245 e. The third-order valence-electron chi connectivity index (χ3n) is 8.42. The van der Waals surface area contributed by atoms with Crippen LogP contribution in [0.1, 0.15) is 41.5 Å². The van der Waals surface area contributed by atoms with Crippen LogP contribution in [-0.2, 0) is 22.6 Å². The lowest BCUT2D eigenvalue weighted by atomic mass is 9.96. The van der Waals surface area contributed by atoms with Crippen LogP contribution in [0.25, 0.3) is 33.1 Å². The van der Waals surface area contributed by atoms with Crippen molar-refractivity contribution in [3.8, 4) is 11.1 Å². The molecule has 212 valence electrons. The number of ketones is 2. The predicted molar refractivity (Wildman–Crippen MR) is 155 cm³/mol. The number of aromatic amines is 1. The van der Waals surface area contributed by atoms with Crippen molar-refractivity contribution in [3.05, 3.63) is 76.7 Å². The molecule has 2 aliphatic rings. The molecule has 3 aromatic heterocycles. The number of H-pyrrole nitrogens is 1. The Bertz CT molecular complexity index is 1950. The summed E-state index contributed by atoms with van der Waals surface area (Å²) in [5.74, 6) is -0.946. The van der Waals surface area contributed by atoms with E-state index in [1.165, 1.54) is 17.9 Å². The van der Waals surface area contributed by atoms with Crippen LogP contribution in [-0.4, -0.2) is 59.2 Å². The van der Waals surface area contributed by atoms with Crippen LogP contribution >= 0.6 is 11.6 Å². The molecule has 0 spiro atoms. The van der Waals surface area contributed by atoms with Crippen molar-refractivity contribution >= 4 is 51.0 Å². The Morgan fingerprint density at radius 2 is 1.95 bits per heavy atom. The number of carbonyl (C=O) groups excluding carboxylic acids is 3. The van der Waals surface area contributed by atoms with Crippen molar-refractivity contribution in [2.75, 3.05) is 0 Å². The van der Waals surface area contributed by atoms with E-state index in [1.54, 1.807) is 47.5 Å². The van der Waals surface area contributed by atoms with Crippen LogP contribution in [0, 0.1) is 18.7 Å². The normalized spacial score (nSPS) is 19.4. The lowest BCUT2D eigenvalue weighted by Gasteiger charge is -2.27. The van der Waals surface area contributed by atoms with Gasteiger partial charge < -0.3 is 9.88 Å². The summed E-state index contributed by atoms with van der Waals surface area (Å²) >= 11 is 6.57. The third kappa shape index (κ3) is 4.28. The molecule has 11 heteroatoms. The molecule has 0 unspecified atom stereocenters. The topological polar surface area (TPSA) is 114 Å². The lowest BCUT2D eigenvalue weighted by Crippen LogP contribution is -2.45. The summed E-state index contributed by atoms with van der Waals surface area (Å²) in [4.78, 5) is 52.7. The maximum absolute atomic E-state index is 15.8. The number of piperidine rings is 1. The fraction of sp³-hybridized carbons (Fsp3) is 0.290. The number of aryl methyl sites for hydroxylation is 1. The fourth-order valence-electron chi connectivity index (χ4n) is 6.28. The van der Waals surface area contributed by atoms with Gasteiger partial charge in [0.1, 0.15) is 23.6 Å². The summed E-state index contributed by atoms with van der Waals surface area (Å²) in [5.41, 5.74) is 3.91. The molecule has 1 aliphatic carbocycles. The first-order chi connectivity index (χ1) is 20.2.